The molecule has 0 amide bonds. The molecule has 0 aromatic heterocycles. The predicted octanol–water partition coefficient (Wildman–Crippen LogP) is -0.366. The number of aryl methyl sites for hydroxylation is 1. The number of aromatic hydroxyl groups is 1. The van der Waals surface area contributed by atoms with Crippen LogP contribution in [0.25, 0.3) is 0 Å². The van der Waals surface area contributed by atoms with Crippen molar-refractivity contribution in [3.8, 4) is 5.75 Å². The summed E-state index contributed by atoms with van der Waals surface area (Å²) in [4.78, 5) is 10.4. The SMILES string of the molecule is Cc1ccc(S(=O)(=O)NCl)cc1.O=C(O)c1ccccc1O.[H-].[Na+]. The maximum Gasteiger partial charge on any atom is 1.00 e. The number of benzene rings is 2. The molecule has 120 valence electrons. The van der Waals surface area contributed by atoms with Gasteiger partial charge >= 0.3 is 35.5 Å². The second-order valence-electron chi connectivity index (χ2n) is 4.22. The molecule has 0 saturated heterocycles. The third-order valence-electron chi connectivity index (χ3n) is 2.57. The maximum atomic E-state index is 11.1. The van der Waals surface area contributed by atoms with E-state index in [1.54, 1.807) is 28.5 Å². The fourth-order valence-electron chi connectivity index (χ4n) is 1.42. The van der Waals surface area contributed by atoms with Crippen LogP contribution in [0.15, 0.2) is 53.4 Å². The number of carboxylic acids is 1. The Morgan fingerprint density at radius 3 is 2.04 bits per heavy atom. The van der Waals surface area contributed by atoms with Crippen LogP contribution in [-0.2, 0) is 10.0 Å². The average molecular weight is 368 g/mol. The molecule has 0 radical (unpaired) electrons. The van der Waals surface area contributed by atoms with Gasteiger partial charge in [0, 0.05) is 0 Å². The topological polar surface area (TPSA) is 104 Å². The molecule has 0 saturated carbocycles. The zero-order valence-electron chi connectivity index (χ0n) is 13.5. The Bertz CT molecular complexity index is 756. The van der Waals surface area contributed by atoms with Gasteiger partial charge in [0.2, 0.25) is 0 Å². The van der Waals surface area contributed by atoms with Crippen molar-refractivity contribution in [1.29, 1.82) is 0 Å². The number of carbonyl (C=O) groups is 1. The van der Waals surface area contributed by atoms with Gasteiger partial charge < -0.3 is 11.6 Å². The number of sulfonamides is 1. The van der Waals surface area contributed by atoms with Gasteiger partial charge in [-0.15, -0.1) is 4.24 Å². The number of phenols is 1. The molecule has 0 aliphatic heterocycles. The second kappa shape index (κ2) is 9.92. The van der Waals surface area contributed by atoms with Gasteiger partial charge in [-0.2, -0.15) is 0 Å². The minimum atomic E-state index is -3.50. The predicted molar refractivity (Wildman–Crippen MR) is 83.5 cm³/mol. The van der Waals surface area contributed by atoms with Crippen molar-refractivity contribution >= 4 is 27.8 Å². The van der Waals surface area contributed by atoms with Gasteiger partial charge in [0.15, 0.2) is 0 Å². The van der Waals surface area contributed by atoms with E-state index in [0.29, 0.717) is 0 Å². The molecular formula is C14H15ClNNaO5S. The Balaban J connectivity index is 0. The summed E-state index contributed by atoms with van der Waals surface area (Å²) in [5.74, 6) is -1.31. The number of rotatable bonds is 3. The Morgan fingerprint density at radius 1 is 1.13 bits per heavy atom. The van der Waals surface area contributed by atoms with Crippen molar-refractivity contribution in [3.05, 3.63) is 59.7 Å². The van der Waals surface area contributed by atoms with Crippen LogP contribution in [0.1, 0.15) is 17.3 Å². The third kappa shape index (κ3) is 6.90. The van der Waals surface area contributed by atoms with Crippen molar-refractivity contribution in [2.24, 2.45) is 0 Å². The number of hydrogen-bond acceptors (Lipinski definition) is 4. The van der Waals surface area contributed by atoms with Crippen LogP contribution in [0.3, 0.4) is 0 Å². The van der Waals surface area contributed by atoms with E-state index in [-0.39, 0.29) is 47.2 Å². The van der Waals surface area contributed by atoms with Gasteiger partial charge in [0.1, 0.15) is 11.3 Å². The zero-order valence-corrected chi connectivity index (χ0v) is 16.1. The maximum absolute atomic E-state index is 11.1. The molecule has 0 aliphatic rings. The molecule has 9 heteroatoms. The average Bonchev–Trinajstić information content (AvgIpc) is 2.48. The third-order valence-corrected chi connectivity index (χ3v) is 4.27. The minimum Gasteiger partial charge on any atom is -1.00 e. The Morgan fingerprint density at radius 2 is 1.65 bits per heavy atom. The summed E-state index contributed by atoms with van der Waals surface area (Å²) in [6.45, 7) is 1.88. The molecular weight excluding hydrogens is 353 g/mol. The van der Waals surface area contributed by atoms with Crippen LogP contribution in [0.4, 0.5) is 0 Å². The molecule has 2 rings (SSSR count). The standard InChI is InChI=1S/C7H8ClNO2S.C7H6O3.Na.H/c1-6-2-4-7(5-3-6)12(10,11)9-8;8-6-4-2-1-3-5(6)7(9)10;;/h2-5,9H,1H3;1-4,8H,(H,9,10);;/q;;+1;-1. The first-order chi connectivity index (χ1) is 10.3. The van der Waals surface area contributed by atoms with Gasteiger partial charge in [-0.3, -0.25) is 0 Å². The normalized spacial score (nSPS) is 10.0. The Kier molecular flexibility index (Phi) is 9.45. The Hall–Kier alpha value is -1.09. The summed E-state index contributed by atoms with van der Waals surface area (Å²) in [5.41, 5.74) is 0.936. The van der Waals surface area contributed by atoms with Gasteiger partial charge in [-0.25, -0.2) is 13.2 Å². The smallest absolute Gasteiger partial charge is 1.00 e. The summed E-state index contributed by atoms with van der Waals surface area (Å²) in [6.07, 6.45) is 0. The largest absolute Gasteiger partial charge is 1.00 e. The molecule has 0 bridgehead atoms. The number of para-hydroxylation sites is 1. The van der Waals surface area contributed by atoms with E-state index in [1.807, 2.05) is 6.92 Å². The van der Waals surface area contributed by atoms with E-state index >= 15 is 0 Å². The summed E-state index contributed by atoms with van der Waals surface area (Å²) >= 11 is 5.03. The number of nitrogens with one attached hydrogen (secondary N) is 1. The molecule has 0 aliphatic carbocycles. The minimum absolute atomic E-state index is 0. The van der Waals surface area contributed by atoms with Gasteiger partial charge in [0.25, 0.3) is 10.0 Å². The van der Waals surface area contributed by atoms with Gasteiger partial charge in [-0.05, 0) is 43.0 Å². The van der Waals surface area contributed by atoms with Crippen molar-refractivity contribution in [2.45, 2.75) is 11.8 Å². The van der Waals surface area contributed by atoms with E-state index in [4.69, 9.17) is 22.0 Å². The number of halogens is 1. The first kappa shape index (κ1) is 21.9. The molecule has 0 unspecified atom stereocenters. The molecule has 23 heavy (non-hydrogen) atoms. The van der Waals surface area contributed by atoms with Crippen LogP contribution < -0.4 is 33.8 Å². The monoisotopic (exact) mass is 367 g/mol. The van der Waals surface area contributed by atoms with Crippen molar-refractivity contribution < 1.29 is 54.4 Å². The van der Waals surface area contributed by atoms with Crippen LogP contribution in [0, 0.1) is 6.92 Å². The van der Waals surface area contributed by atoms with E-state index < -0.39 is 16.0 Å². The quantitative estimate of drug-likeness (QED) is 0.507. The molecule has 0 atom stereocenters. The Labute approximate surface area is 163 Å². The summed E-state index contributed by atoms with van der Waals surface area (Å²) < 4.78 is 23.9. The molecule has 2 aromatic carbocycles. The van der Waals surface area contributed by atoms with Crippen molar-refractivity contribution in [1.82, 2.24) is 4.24 Å². The summed E-state index contributed by atoms with van der Waals surface area (Å²) in [6, 6.07) is 12.2. The summed E-state index contributed by atoms with van der Waals surface area (Å²) in [5, 5.41) is 17.3. The molecule has 0 heterocycles. The molecule has 0 fully saturated rings. The fourth-order valence-corrected chi connectivity index (χ4v) is 2.27. The number of carboxylic acid groups (broad SMARTS) is 1. The van der Waals surface area contributed by atoms with Crippen molar-refractivity contribution in [2.75, 3.05) is 0 Å². The van der Waals surface area contributed by atoms with Crippen LogP contribution in [-0.4, -0.2) is 24.6 Å². The second-order valence-corrected chi connectivity index (χ2v) is 6.31. The number of hydrogen-bond donors (Lipinski definition) is 3. The molecule has 6 nitrogen and oxygen atoms in total. The van der Waals surface area contributed by atoms with Crippen LogP contribution in [0.5, 0.6) is 5.75 Å². The van der Waals surface area contributed by atoms with Gasteiger partial charge in [0.05, 0.1) is 4.90 Å². The van der Waals surface area contributed by atoms with E-state index in [2.05, 4.69) is 0 Å². The summed E-state index contributed by atoms with van der Waals surface area (Å²) in [7, 11) is -3.50. The number of aromatic carboxylic acids is 1. The van der Waals surface area contributed by atoms with E-state index in [0.717, 1.165) is 5.56 Å². The molecule has 3 N–H and O–H groups in total. The zero-order chi connectivity index (χ0) is 16.8. The first-order valence-corrected chi connectivity index (χ1v) is 7.84. The fraction of sp³-hybridized carbons (Fsp3) is 0.0714. The molecule has 0 spiro atoms. The first-order valence-electron chi connectivity index (χ1n) is 5.98. The van der Waals surface area contributed by atoms with Crippen molar-refractivity contribution in [3.63, 3.8) is 0 Å². The van der Waals surface area contributed by atoms with E-state index in [9.17, 15) is 13.2 Å². The van der Waals surface area contributed by atoms with Crippen LogP contribution in [0.2, 0.25) is 0 Å². The van der Waals surface area contributed by atoms with Gasteiger partial charge in [-0.1, -0.05) is 29.8 Å². The van der Waals surface area contributed by atoms with E-state index in [1.165, 1.54) is 24.3 Å². The van der Waals surface area contributed by atoms with Crippen LogP contribution >= 0.6 is 11.8 Å². The molecule has 2 aromatic rings.